The predicted octanol–water partition coefficient (Wildman–Crippen LogP) is 3.10. The summed E-state index contributed by atoms with van der Waals surface area (Å²) < 4.78 is 0.803. The summed E-state index contributed by atoms with van der Waals surface area (Å²) in [7, 11) is 0. The quantitative estimate of drug-likeness (QED) is 0.754. The summed E-state index contributed by atoms with van der Waals surface area (Å²) in [6.07, 6.45) is 3.68. The molecule has 23 heavy (non-hydrogen) atoms. The average Bonchev–Trinajstić information content (AvgIpc) is 2.60. The number of hydrogen-bond acceptors (Lipinski definition) is 5. The highest BCUT2D eigenvalue weighted by atomic mass is 79.9. The lowest BCUT2D eigenvalue weighted by Crippen LogP contribution is -2.22. The Labute approximate surface area is 144 Å². The van der Waals surface area contributed by atoms with E-state index in [1.165, 1.54) is 0 Å². The van der Waals surface area contributed by atoms with Crippen molar-refractivity contribution in [3.63, 3.8) is 0 Å². The summed E-state index contributed by atoms with van der Waals surface area (Å²) >= 11 is 3.35. The number of hydrogen-bond donors (Lipinski definition) is 3. The van der Waals surface area contributed by atoms with Gasteiger partial charge in [-0.05, 0) is 51.1 Å². The summed E-state index contributed by atoms with van der Waals surface area (Å²) in [4.78, 5) is 9.20. The fourth-order valence-corrected chi connectivity index (χ4v) is 2.51. The van der Waals surface area contributed by atoms with Gasteiger partial charge in [-0.15, -0.1) is 0 Å². The van der Waals surface area contributed by atoms with Crippen molar-refractivity contribution in [3.8, 4) is 5.75 Å². The first-order valence-corrected chi connectivity index (χ1v) is 8.19. The maximum absolute atomic E-state index is 10.2. The number of aromatic hydroxyl groups is 1. The van der Waals surface area contributed by atoms with Crippen molar-refractivity contribution in [3.05, 3.63) is 51.9 Å². The number of benzene rings is 1. The average molecular weight is 377 g/mol. The van der Waals surface area contributed by atoms with Crippen LogP contribution in [0.15, 0.2) is 56.3 Å². The van der Waals surface area contributed by atoms with E-state index in [1.54, 1.807) is 19.1 Å². The highest BCUT2D eigenvalue weighted by Crippen LogP contribution is 2.24. The first kappa shape index (κ1) is 17.3. The van der Waals surface area contributed by atoms with E-state index in [0.717, 1.165) is 10.3 Å². The highest BCUT2D eigenvalue weighted by molar-refractivity contribution is 9.10. The number of phenols is 1. The van der Waals surface area contributed by atoms with Crippen LogP contribution < -0.4 is 11.1 Å². The molecule has 0 saturated carbocycles. The second kappa shape index (κ2) is 7.46. The van der Waals surface area contributed by atoms with E-state index in [-0.39, 0.29) is 11.8 Å². The van der Waals surface area contributed by atoms with E-state index < -0.39 is 0 Å². The van der Waals surface area contributed by atoms with Crippen molar-refractivity contribution in [1.82, 2.24) is 5.32 Å². The minimum Gasteiger partial charge on any atom is -0.507 e. The summed E-state index contributed by atoms with van der Waals surface area (Å²) in [5.74, 6) is 0.900. The van der Waals surface area contributed by atoms with E-state index in [4.69, 9.17) is 5.73 Å². The monoisotopic (exact) mass is 376 g/mol. The molecular formula is C17H21BrN4O. The molecule has 122 valence electrons. The number of halogens is 1. The number of nitrogens with one attached hydrogen (secondary N) is 1. The van der Waals surface area contributed by atoms with Crippen LogP contribution in [0.5, 0.6) is 5.75 Å². The molecule has 1 aliphatic heterocycles. The third-order valence-corrected chi connectivity index (χ3v) is 3.53. The molecule has 0 aromatic heterocycles. The molecule has 0 unspecified atom stereocenters. The van der Waals surface area contributed by atoms with Gasteiger partial charge in [0.05, 0.1) is 18.0 Å². The molecule has 0 aliphatic carbocycles. The van der Waals surface area contributed by atoms with Gasteiger partial charge < -0.3 is 16.2 Å². The highest BCUT2D eigenvalue weighted by Gasteiger charge is 2.17. The van der Waals surface area contributed by atoms with E-state index in [9.17, 15) is 5.11 Å². The zero-order valence-electron chi connectivity index (χ0n) is 13.5. The Balaban J connectivity index is 2.49. The molecule has 0 radical (unpaired) electrons. The van der Waals surface area contributed by atoms with Gasteiger partial charge in [0.2, 0.25) is 0 Å². The van der Waals surface area contributed by atoms with Crippen molar-refractivity contribution in [2.75, 3.05) is 6.54 Å². The molecule has 6 heteroatoms. The zero-order chi connectivity index (χ0) is 17.0. The zero-order valence-corrected chi connectivity index (χ0v) is 15.1. The minimum absolute atomic E-state index is 0.147. The molecule has 1 aromatic carbocycles. The molecule has 0 bridgehead atoms. The number of phenolic OH excluding ortho intramolecular Hbond substituents is 1. The second-order valence-corrected chi connectivity index (χ2v) is 6.54. The van der Waals surface area contributed by atoms with Crippen LogP contribution in [0.3, 0.4) is 0 Å². The molecule has 1 aliphatic rings. The standard InChI is InChI=1S/C17H21BrN4O/c1-10(2)21-16-6-7-20-17(14(22-16)8-11(3)19)13-5-4-12(18)9-15(13)23/h4-6,8-10,21,23H,7,19H2,1-3H3/b11-8-. The summed E-state index contributed by atoms with van der Waals surface area (Å²) in [6, 6.07) is 5.57. The first-order chi connectivity index (χ1) is 10.9. The largest absolute Gasteiger partial charge is 0.507 e. The fraction of sp³-hybridized carbons (Fsp3) is 0.294. The van der Waals surface area contributed by atoms with Crippen molar-refractivity contribution in [2.24, 2.45) is 15.7 Å². The van der Waals surface area contributed by atoms with E-state index in [1.807, 2.05) is 32.1 Å². The number of aliphatic imine (C=N–C) groups is 2. The molecule has 2 rings (SSSR count). The molecular weight excluding hydrogens is 356 g/mol. The molecule has 5 nitrogen and oxygen atoms in total. The lowest BCUT2D eigenvalue weighted by atomic mass is 10.0. The molecule has 0 amide bonds. The fourth-order valence-electron chi connectivity index (χ4n) is 2.16. The van der Waals surface area contributed by atoms with Crippen LogP contribution in [0.2, 0.25) is 0 Å². The van der Waals surface area contributed by atoms with Gasteiger partial charge in [-0.3, -0.25) is 4.99 Å². The van der Waals surface area contributed by atoms with Gasteiger partial charge in [-0.25, -0.2) is 4.99 Å². The van der Waals surface area contributed by atoms with Gasteiger partial charge in [0.25, 0.3) is 0 Å². The van der Waals surface area contributed by atoms with E-state index >= 15 is 0 Å². The van der Waals surface area contributed by atoms with Gasteiger partial charge in [-0.1, -0.05) is 15.9 Å². The third-order valence-electron chi connectivity index (χ3n) is 3.03. The Bertz CT molecular complexity index is 713. The van der Waals surface area contributed by atoms with Crippen LogP contribution >= 0.6 is 15.9 Å². The van der Waals surface area contributed by atoms with E-state index in [2.05, 4.69) is 31.2 Å². The normalized spacial score (nSPS) is 15.7. The van der Waals surface area contributed by atoms with Crippen LogP contribution in [-0.4, -0.2) is 29.1 Å². The Morgan fingerprint density at radius 2 is 2.17 bits per heavy atom. The van der Waals surface area contributed by atoms with Crippen LogP contribution in [-0.2, 0) is 0 Å². The summed E-state index contributed by atoms with van der Waals surface area (Å²) in [5.41, 5.74) is 8.34. The molecule has 1 heterocycles. The number of allylic oxidation sites excluding steroid dienone is 2. The number of rotatable bonds is 4. The lowest BCUT2D eigenvalue weighted by molar-refractivity contribution is 0.474. The summed E-state index contributed by atoms with van der Waals surface area (Å²) in [6.45, 7) is 6.37. The number of nitrogens with two attached hydrogens (primary N) is 1. The molecule has 0 fully saturated rings. The maximum atomic E-state index is 10.2. The molecule has 0 saturated heterocycles. The molecule has 4 N–H and O–H groups in total. The van der Waals surface area contributed by atoms with Gasteiger partial charge in [0.15, 0.2) is 0 Å². The Hall–Kier alpha value is -2.08. The van der Waals surface area contributed by atoms with Crippen molar-refractivity contribution in [2.45, 2.75) is 26.8 Å². The second-order valence-electron chi connectivity index (χ2n) is 5.62. The van der Waals surface area contributed by atoms with Crippen molar-refractivity contribution < 1.29 is 5.11 Å². The maximum Gasteiger partial charge on any atom is 0.126 e. The third kappa shape index (κ3) is 4.69. The van der Waals surface area contributed by atoms with Crippen LogP contribution in [0.4, 0.5) is 0 Å². The van der Waals surface area contributed by atoms with Crippen LogP contribution in [0, 0.1) is 0 Å². The molecule has 1 aromatic rings. The van der Waals surface area contributed by atoms with Crippen LogP contribution in [0.25, 0.3) is 0 Å². The smallest absolute Gasteiger partial charge is 0.126 e. The van der Waals surface area contributed by atoms with Gasteiger partial charge >= 0.3 is 0 Å². The van der Waals surface area contributed by atoms with Crippen molar-refractivity contribution >= 4 is 27.4 Å². The van der Waals surface area contributed by atoms with Crippen molar-refractivity contribution in [1.29, 1.82) is 0 Å². The first-order valence-electron chi connectivity index (χ1n) is 7.39. The van der Waals surface area contributed by atoms with Gasteiger partial charge in [0, 0.05) is 21.8 Å². The Morgan fingerprint density at radius 1 is 1.43 bits per heavy atom. The van der Waals surface area contributed by atoms with Crippen LogP contribution in [0.1, 0.15) is 26.3 Å². The molecule has 0 atom stereocenters. The SMILES string of the molecule is C/C(N)=C/C1=NC(NC(C)C)=CCN=C1c1ccc(Br)cc1O. The predicted molar refractivity (Wildman–Crippen MR) is 98.9 cm³/mol. The Morgan fingerprint density at radius 3 is 2.78 bits per heavy atom. The Kier molecular flexibility index (Phi) is 5.60. The molecule has 0 spiro atoms. The number of nitrogens with zero attached hydrogens (tertiary/aromatic N) is 2. The minimum atomic E-state index is 0.147. The summed E-state index contributed by atoms with van der Waals surface area (Å²) in [5, 5.41) is 13.5. The van der Waals surface area contributed by atoms with E-state index in [0.29, 0.717) is 29.2 Å². The topological polar surface area (TPSA) is 83.0 Å². The lowest BCUT2D eigenvalue weighted by Gasteiger charge is -2.12. The van der Waals surface area contributed by atoms with Gasteiger partial charge in [-0.2, -0.15) is 0 Å². The van der Waals surface area contributed by atoms with Gasteiger partial charge in [0.1, 0.15) is 11.6 Å².